The summed E-state index contributed by atoms with van der Waals surface area (Å²) in [5, 5.41) is 6.77. The fourth-order valence-electron chi connectivity index (χ4n) is 3.19. The third-order valence-electron chi connectivity index (χ3n) is 4.69. The van der Waals surface area contributed by atoms with Crippen LogP contribution in [-0.2, 0) is 16.0 Å². The molecule has 0 fully saturated rings. The molecule has 0 spiro atoms. The predicted molar refractivity (Wildman–Crippen MR) is 101 cm³/mol. The zero-order valence-corrected chi connectivity index (χ0v) is 15.9. The molecule has 144 valence electrons. The van der Waals surface area contributed by atoms with Gasteiger partial charge in [0.1, 0.15) is 11.5 Å². The van der Waals surface area contributed by atoms with Crippen molar-refractivity contribution in [2.24, 2.45) is 0 Å². The summed E-state index contributed by atoms with van der Waals surface area (Å²) in [6.45, 7) is 6.49. The van der Waals surface area contributed by atoms with Crippen molar-refractivity contribution in [1.29, 1.82) is 0 Å². The molecule has 7 heteroatoms. The summed E-state index contributed by atoms with van der Waals surface area (Å²) in [5.74, 6) is 1.03. The molecule has 27 heavy (non-hydrogen) atoms. The number of hydrogen-bond donors (Lipinski definition) is 1. The molecular weight excluding hydrogens is 346 g/mol. The summed E-state index contributed by atoms with van der Waals surface area (Å²) in [7, 11) is 0. The summed E-state index contributed by atoms with van der Waals surface area (Å²) < 4.78 is 11.0. The average molecular weight is 371 g/mol. The highest BCUT2D eigenvalue weighted by molar-refractivity contribution is 5.97. The number of nitrogens with one attached hydrogen (secondary N) is 1. The molecule has 7 nitrogen and oxygen atoms in total. The van der Waals surface area contributed by atoms with Gasteiger partial charge in [-0.1, -0.05) is 24.2 Å². The molecule has 0 radical (unpaired) electrons. The second-order valence-electron chi connectivity index (χ2n) is 6.67. The van der Waals surface area contributed by atoms with E-state index in [2.05, 4.69) is 10.5 Å². The Kier molecular flexibility index (Phi) is 5.78. The van der Waals surface area contributed by atoms with E-state index in [9.17, 15) is 9.59 Å². The molecular formula is C20H25N3O4. The molecule has 1 aliphatic heterocycles. The van der Waals surface area contributed by atoms with E-state index >= 15 is 0 Å². The van der Waals surface area contributed by atoms with Crippen LogP contribution in [0.4, 0.5) is 5.69 Å². The molecule has 0 saturated heterocycles. The van der Waals surface area contributed by atoms with Gasteiger partial charge in [-0.05, 0) is 38.8 Å². The van der Waals surface area contributed by atoms with Gasteiger partial charge in [-0.2, -0.15) is 0 Å². The second-order valence-corrected chi connectivity index (χ2v) is 6.67. The molecule has 0 aliphatic carbocycles. The Morgan fingerprint density at radius 3 is 2.78 bits per heavy atom. The van der Waals surface area contributed by atoms with Crippen LogP contribution in [0.5, 0.6) is 5.75 Å². The standard InChI is InChI=1S/C20H25N3O4/c1-4-11-21-20(25)18-12-23(16-7-5-6-8-17(16)26-18)19(24)10-9-15-13(2)22-27-14(15)3/h5-8,18H,4,9-12H2,1-3H3,(H,21,25)/t18-/m1/s1. The summed E-state index contributed by atoms with van der Waals surface area (Å²) in [6.07, 6.45) is 0.983. The van der Waals surface area contributed by atoms with E-state index in [1.54, 1.807) is 11.0 Å². The topological polar surface area (TPSA) is 84.7 Å². The lowest BCUT2D eigenvalue weighted by atomic mass is 10.1. The number of para-hydroxylation sites is 2. The Bertz CT molecular complexity index is 811. The summed E-state index contributed by atoms with van der Waals surface area (Å²) >= 11 is 0. The van der Waals surface area contributed by atoms with E-state index in [0.717, 1.165) is 23.4 Å². The first kappa shape index (κ1) is 18.9. The minimum Gasteiger partial charge on any atom is -0.477 e. The van der Waals surface area contributed by atoms with Crippen LogP contribution < -0.4 is 15.0 Å². The van der Waals surface area contributed by atoms with Crippen LogP contribution in [-0.4, -0.2) is 36.2 Å². The quantitative estimate of drug-likeness (QED) is 0.843. The minimum atomic E-state index is -0.713. The van der Waals surface area contributed by atoms with Crippen molar-refractivity contribution in [3.63, 3.8) is 0 Å². The lowest BCUT2D eigenvalue weighted by Crippen LogP contribution is -2.51. The van der Waals surface area contributed by atoms with Gasteiger partial charge in [-0.15, -0.1) is 0 Å². The Morgan fingerprint density at radius 2 is 2.07 bits per heavy atom. The van der Waals surface area contributed by atoms with Crippen molar-refractivity contribution in [3.05, 3.63) is 41.3 Å². The first-order valence-corrected chi connectivity index (χ1v) is 9.26. The molecule has 1 aromatic heterocycles. The number of anilines is 1. The number of carbonyl (C=O) groups is 2. The molecule has 1 aromatic carbocycles. The zero-order valence-electron chi connectivity index (χ0n) is 15.9. The maximum Gasteiger partial charge on any atom is 0.262 e. The van der Waals surface area contributed by atoms with Crippen LogP contribution in [0.1, 0.15) is 36.8 Å². The van der Waals surface area contributed by atoms with Gasteiger partial charge >= 0.3 is 0 Å². The molecule has 2 amide bonds. The highest BCUT2D eigenvalue weighted by atomic mass is 16.5. The number of benzene rings is 1. The molecule has 1 N–H and O–H groups in total. The van der Waals surface area contributed by atoms with E-state index in [0.29, 0.717) is 30.8 Å². The van der Waals surface area contributed by atoms with Crippen molar-refractivity contribution in [2.75, 3.05) is 18.0 Å². The van der Waals surface area contributed by atoms with Crippen LogP contribution in [0.3, 0.4) is 0 Å². The van der Waals surface area contributed by atoms with Crippen molar-refractivity contribution >= 4 is 17.5 Å². The number of ether oxygens (including phenoxy) is 1. The summed E-state index contributed by atoms with van der Waals surface area (Å²) in [6, 6.07) is 7.30. The maximum atomic E-state index is 12.9. The Morgan fingerprint density at radius 1 is 1.30 bits per heavy atom. The average Bonchev–Trinajstić information content (AvgIpc) is 3.00. The molecule has 0 bridgehead atoms. The smallest absolute Gasteiger partial charge is 0.262 e. The fraction of sp³-hybridized carbons (Fsp3) is 0.450. The van der Waals surface area contributed by atoms with Crippen molar-refractivity contribution in [1.82, 2.24) is 10.5 Å². The van der Waals surface area contributed by atoms with Crippen LogP contribution in [0.25, 0.3) is 0 Å². The molecule has 0 unspecified atom stereocenters. The highest BCUT2D eigenvalue weighted by Crippen LogP contribution is 2.33. The van der Waals surface area contributed by atoms with Crippen molar-refractivity contribution in [3.8, 4) is 5.75 Å². The number of nitrogens with zero attached hydrogens (tertiary/aromatic N) is 2. The number of fused-ring (bicyclic) bond motifs is 1. The van der Waals surface area contributed by atoms with Gasteiger partial charge in [0, 0.05) is 18.5 Å². The number of amides is 2. The number of carbonyl (C=O) groups excluding carboxylic acids is 2. The van der Waals surface area contributed by atoms with Crippen LogP contribution >= 0.6 is 0 Å². The monoisotopic (exact) mass is 371 g/mol. The molecule has 3 rings (SSSR count). The van der Waals surface area contributed by atoms with Gasteiger partial charge in [0.15, 0.2) is 6.10 Å². The van der Waals surface area contributed by atoms with E-state index < -0.39 is 6.10 Å². The van der Waals surface area contributed by atoms with E-state index in [1.165, 1.54) is 0 Å². The van der Waals surface area contributed by atoms with Gasteiger partial charge in [0.2, 0.25) is 5.91 Å². The Labute approximate surface area is 158 Å². The van der Waals surface area contributed by atoms with Crippen LogP contribution in [0.2, 0.25) is 0 Å². The Balaban J connectivity index is 1.75. The number of aryl methyl sites for hydroxylation is 2. The molecule has 2 heterocycles. The molecule has 1 aliphatic rings. The number of aromatic nitrogens is 1. The first-order chi connectivity index (χ1) is 13.0. The molecule has 0 saturated carbocycles. The van der Waals surface area contributed by atoms with E-state index in [1.807, 2.05) is 39.0 Å². The van der Waals surface area contributed by atoms with Gasteiger partial charge in [-0.3, -0.25) is 9.59 Å². The minimum absolute atomic E-state index is 0.0564. The van der Waals surface area contributed by atoms with Gasteiger partial charge in [-0.25, -0.2) is 0 Å². The molecule has 2 aromatic rings. The lowest BCUT2D eigenvalue weighted by Gasteiger charge is -2.34. The van der Waals surface area contributed by atoms with Crippen LogP contribution in [0.15, 0.2) is 28.8 Å². The fourth-order valence-corrected chi connectivity index (χ4v) is 3.19. The van der Waals surface area contributed by atoms with E-state index in [-0.39, 0.29) is 18.4 Å². The van der Waals surface area contributed by atoms with E-state index in [4.69, 9.17) is 9.26 Å². The third-order valence-corrected chi connectivity index (χ3v) is 4.69. The first-order valence-electron chi connectivity index (χ1n) is 9.26. The van der Waals surface area contributed by atoms with Gasteiger partial charge in [0.25, 0.3) is 5.91 Å². The third kappa shape index (κ3) is 4.13. The lowest BCUT2D eigenvalue weighted by molar-refractivity contribution is -0.128. The van der Waals surface area contributed by atoms with Gasteiger partial charge < -0.3 is 19.5 Å². The normalized spacial score (nSPS) is 15.8. The summed E-state index contributed by atoms with van der Waals surface area (Å²) in [4.78, 5) is 27.0. The van der Waals surface area contributed by atoms with Gasteiger partial charge in [0.05, 0.1) is 17.9 Å². The highest BCUT2D eigenvalue weighted by Gasteiger charge is 2.33. The zero-order chi connectivity index (χ0) is 19.4. The molecule has 1 atom stereocenters. The SMILES string of the molecule is CCCNC(=O)[C@H]1CN(C(=O)CCc2c(C)noc2C)c2ccccc2O1. The van der Waals surface area contributed by atoms with Crippen molar-refractivity contribution < 1.29 is 18.8 Å². The maximum absolute atomic E-state index is 12.9. The number of hydrogen-bond acceptors (Lipinski definition) is 5. The second kappa shape index (κ2) is 8.24. The van der Waals surface area contributed by atoms with Crippen LogP contribution in [0, 0.1) is 13.8 Å². The van der Waals surface area contributed by atoms with Crippen molar-refractivity contribution in [2.45, 2.75) is 46.1 Å². The summed E-state index contributed by atoms with van der Waals surface area (Å²) in [5.41, 5.74) is 2.46. The Hall–Kier alpha value is -2.83. The largest absolute Gasteiger partial charge is 0.477 e. The predicted octanol–water partition coefficient (Wildman–Crippen LogP) is 2.54. The number of rotatable bonds is 6.